The number of aryl methyl sites for hydroxylation is 1. The van der Waals surface area contributed by atoms with Gasteiger partial charge in [0.15, 0.2) is 0 Å². The van der Waals surface area contributed by atoms with Crippen LogP contribution in [0, 0.1) is 0 Å². The molecule has 0 saturated carbocycles. The van der Waals surface area contributed by atoms with Crippen LogP contribution in [0.15, 0.2) is 23.7 Å². The number of hydrazine groups is 1. The first kappa shape index (κ1) is 9.97. The predicted molar refractivity (Wildman–Crippen MR) is 58.0 cm³/mol. The molecule has 82 valence electrons. The summed E-state index contributed by atoms with van der Waals surface area (Å²) in [5.41, 5.74) is 0. The molecule has 0 atom stereocenters. The van der Waals surface area contributed by atoms with E-state index in [1.165, 1.54) is 0 Å². The van der Waals surface area contributed by atoms with E-state index in [1.807, 2.05) is 12.5 Å². The summed E-state index contributed by atoms with van der Waals surface area (Å²) in [4.78, 5) is 8.22. The van der Waals surface area contributed by atoms with Crippen molar-refractivity contribution in [2.45, 2.75) is 13.0 Å². The normalized spacial score (nSPS) is 15.5. The van der Waals surface area contributed by atoms with E-state index >= 15 is 0 Å². The quantitative estimate of drug-likeness (QED) is 0.512. The second-order valence-electron chi connectivity index (χ2n) is 3.48. The number of aliphatic imine (C=N–C) groups is 1. The lowest BCUT2D eigenvalue weighted by molar-refractivity contribution is 0.464. The Morgan fingerprint density at radius 1 is 1.53 bits per heavy atom. The van der Waals surface area contributed by atoms with Crippen molar-refractivity contribution in [3.05, 3.63) is 18.7 Å². The van der Waals surface area contributed by atoms with Gasteiger partial charge in [-0.25, -0.2) is 10.8 Å². The van der Waals surface area contributed by atoms with Crippen LogP contribution in [0.5, 0.6) is 0 Å². The second-order valence-corrected chi connectivity index (χ2v) is 3.48. The maximum atomic E-state index is 5.68. The molecule has 0 radical (unpaired) electrons. The minimum absolute atomic E-state index is 0.792. The van der Waals surface area contributed by atoms with Gasteiger partial charge in [0.05, 0.1) is 19.4 Å². The van der Waals surface area contributed by atoms with Crippen LogP contribution in [0.25, 0.3) is 0 Å². The summed E-state index contributed by atoms with van der Waals surface area (Å²) in [6.45, 7) is 3.44. The van der Waals surface area contributed by atoms with Crippen LogP contribution in [0.2, 0.25) is 0 Å². The molecule has 15 heavy (non-hydrogen) atoms. The van der Waals surface area contributed by atoms with Crippen LogP contribution in [-0.2, 0) is 6.54 Å². The number of guanidine groups is 1. The third-order valence-electron chi connectivity index (χ3n) is 2.31. The van der Waals surface area contributed by atoms with E-state index in [1.54, 1.807) is 11.2 Å². The van der Waals surface area contributed by atoms with Crippen LogP contribution in [0.4, 0.5) is 0 Å². The van der Waals surface area contributed by atoms with Crippen LogP contribution in [0.3, 0.4) is 0 Å². The van der Waals surface area contributed by atoms with Gasteiger partial charge in [-0.1, -0.05) is 0 Å². The highest BCUT2D eigenvalue weighted by molar-refractivity contribution is 5.80. The first-order valence-corrected chi connectivity index (χ1v) is 5.12. The van der Waals surface area contributed by atoms with Gasteiger partial charge in [0, 0.05) is 25.5 Å². The van der Waals surface area contributed by atoms with E-state index in [9.17, 15) is 0 Å². The molecule has 1 aromatic heterocycles. The molecule has 2 heterocycles. The van der Waals surface area contributed by atoms with Crippen LogP contribution in [0.1, 0.15) is 6.42 Å². The average Bonchev–Trinajstić information content (AvgIpc) is 2.85. The minimum atomic E-state index is 0.792. The molecule has 1 aliphatic rings. The van der Waals surface area contributed by atoms with Gasteiger partial charge in [-0.2, -0.15) is 0 Å². The lowest BCUT2D eigenvalue weighted by Crippen LogP contribution is -2.43. The van der Waals surface area contributed by atoms with Gasteiger partial charge >= 0.3 is 0 Å². The van der Waals surface area contributed by atoms with Crippen LogP contribution in [-0.4, -0.2) is 40.2 Å². The van der Waals surface area contributed by atoms with Crippen molar-refractivity contribution in [2.24, 2.45) is 10.8 Å². The number of rotatable bonds is 4. The van der Waals surface area contributed by atoms with Gasteiger partial charge in [-0.3, -0.25) is 10.0 Å². The molecule has 0 saturated heterocycles. The molecule has 6 heteroatoms. The Bertz CT molecular complexity index is 317. The van der Waals surface area contributed by atoms with Crippen LogP contribution >= 0.6 is 0 Å². The molecule has 0 spiro atoms. The van der Waals surface area contributed by atoms with E-state index in [0.717, 1.165) is 38.6 Å². The van der Waals surface area contributed by atoms with Gasteiger partial charge in [0.2, 0.25) is 5.96 Å². The fourth-order valence-corrected chi connectivity index (χ4v) is 1.50. The first-order valence-electron chi connectivity index (χ1n) is 5.12. The topological polar surface area (TPSA) is 71.5 Å². The molecular weight excluding hydrogens is 192 g/mol. The van der Waals surface area contributed by atoms with E-state index in [2.05, 4.69) is 19.9 Å². The van der Waals surface area contributed by atoms with Gasteiger partial charge < -0.3 is 9.88 Å². The van der Waals surface area contributed by atoms with Gasteiger partial charge in [-0.05, 0) is 6.42 Å². The smallest absolute Gasteiger partial charge is 0.208 e. The van der Waals surface area contributed by atoms with E-state index < -0.39 is 0 Å². The van der Waals surface area contributed by atoms with Gasteiger partial charge in [-0.15, -0.1) is 0 Å². The van der Waals surface area contributed by atoms with Crippen molar-refractivity contribution < 1.29 is 0 Å². The number of nitrogens with zero attached hydrogens (tertiary/aromatic N) is 4. The summed E-state index contributed by atoms with van der Waals surface area (Å²) in [6, 6.07) is 0. The van der Waals surface area contributed by atoms with Gasteiger partial charge in [0.25, 0.3) is 0 Å². The van der Waals surface area contributed by atoms with Gasteiger partial charge in [0.1, 0.15) is 0 Å². The standard InChI is InChI=1S/C9H16N6/c10-15-7-4-13-9(15)12-2-1-5-14-6-3-11-8-14/h3,6,8H,1-2,4-5,7,10H2,(H,12,13). The second kappa shape index (κ2) is 4.79. The Kier molecular flexibility index (Phi) is 3.18. The third-order valence-corrected chi connectivity index (χ3v) is 2.31. The largest absolute Gasteiger partial charge is 0.355 e. The SMILES string of the molecule is NN1CCN=C1NCCCn1ccnc1. The third kappa shape index (κ3) is 2.69. The van der Waals surface area contributed by atoms with Crippen molar-refractivity contribution in [2.75, 3.05) is 19.6 Å². The van der Waals surface area contributed by atoms with E-state index in [0.29, 0.717) is 0 Å². The molecule has 0 amide bonds. The number of hydrogen-bond acceptors (Lipinski definition) is 5. The van der Waals surface area contributed by atoms with Crippen molar-refractivity contribution >= 4 is 5.96 Å². The molecule has 2 rings (SSSR count). The number of nitrogens with two attached hydrogens (primary N) is 1. The summed E-state index contributed by atoms with van der Waals surface area (Å²) < 4.78 is 2.05. The predicted octanol–water partition coefficient (Wildman–Crippen LogP) is -0.592. The summed E-state index contributed by atoms with van der Waals surface area (Å²) >= 11 is 0. The zero-order valence-corrected chi connectivity index (χ0v) is 8.63. The Morgan fingerprint density at radius 2 is 2.47 bits per heavy atom. The zero-order valence-electron chi connectivity index (χ0n) is 8.63. The highest BCUT2D eigenvalue weighted by atomic mass is 15.5. The molecule has 6 nitrogen and oxygen atoms in total. The monoisotopic (exact) mass is 208 g/mol. The highest BCUT2D eigenvalue weighted by Gasteiger charge is 2.11. The fraction of sp³-hybridized carbons (Fsp3) is 0.556. The molecule has 0 bridgehead atoms. The lowest BCUT2D eigenvalue weighted by atomic mass is 10.4. The zero-order chi connectivity index (χ0) is 10.5. The molecule has 0 aliphatic carbocycles. The molecule has 1 aromatic rings. The van der Waals surface area contributed by atoms with E-state index in [4.69, 9.17) is 5.84 Å². The van der Waals surface area contributed by atoms with Crippen molar-refractivity contribution in [3.63, 3.8) is 0 Å². The van der Waals surface area contributed by atoms with Crippen molar-refractivity contribution in [3.8, 4) is 0 Å². The molecule has 0 unspecified atom stereocenters. The van der Waals surface area contributed by atoms with Crippen LogP contribution < -0.4 is 11.2 Å². The Hall–Kier alpha value is -1.56. The number of nitrogens with one attached hydrogen (secondary N) is 1. The number of imidazole rings is 1. The Labute approximate surface area is 88.8 Å². The maximum absolute atomic E-state index is 5.68. The Morgan fingerprint density at radius 3 is 3.13 bits per heavy atom. The molecule has 3 N–H and O–H groups in total. The number of hydrogen-bond donors (Lipinski definition) is 2. The highest BCUT2D eigenvalue weighted by Crippen LogP contribution is 1.93. The van der Waals surface area contributed by atoms with Crippen molar-refractivity contribution in [1.29, 1.82) is 0 Å². The molecule has 0 aromatic carbocycles. The summed E-state index contributed by atoms with van der Waals surface area (Å²) in [7, 11) is 0. The van der Waals surface area contributed by atoms with Crippen molar-refractivity contribution in [1.82, 2.24) is 19.9 Å². The van der Waals surface area contributed by atoms with E-state index in [-0.39, 0.29) is 0 Å². The number of aromatic nitrogens is 2. The summed E-state index contributed by atoms with van der Waals surface area (Å²) in [6.07, 6.45) is 6.60. The molecular formula is C9H16N6. The lowest BCUT2D eigenvalue weighted by Gasteiger charge is -2.14. The fourth-order valence-electron chi connectivity index (χ4n) is 1.50. The minimum Gasteiger partial charge on any atom is -0.355 e. The summed E-state index contributed by atoms with van der Waals surface area (Å²) in [5, 5.41) is 4.86. The molecule has 0 fully saturated rings. The Balaban J connectivity index is 1.63. The average molecular weight is 208 g/mol. The summed E-state index contributed by atoms with van der Waals surface area (Å²) in [5.74, 6) is 6.49. The first-order chi connectivity index (χ1) is 7.36. The molecule has 1 aliphatic heterocycles. The maximum Gasteiger partial charge on any atom is 0.208 e.